The Morgan fingerprint density at radius 2 is 1.90 bits per heavy atom. The van der Waals surface area contributed by atoms with E-state index in [4.69, 9.17) is 33.8 Å². The lowest BCUT2D eigenvalue weighted by molar-refractivity contribution is -0.275. The minimum atomic E-state index is -4.75. The van der Waals surface area contributed by atoms with Gasteiger partial charge < -0.3 is 10.6 Å². The van der Waals surface area contributed by atoms with Crippen LogP contribution in [0.2, 0.25) is 10.0 Å². The fourth-order valence-corrected chi connectivity index (χ4v) is 4.26. The molecule has 154 valence electrons. The van der Waals surface area contributed by atoms with Gasteiger partial charge in [0.05, 0.1) is 11.5 Å². The van der Waals surface area contributed by atoms with Crippen LogP contribution in [0.25, 0.3) is 0 Å². The predicted octanol–water partition coefficient (Wildman–Crippen LogP) is 5.46. The number of nitrogens with two attached hydrogens (primary N) is 1. The van der Waals surface area contributed by atoms with Crippen molar-refractivity contribution in [1.29, 1.82) is 0 Å². The largest absolute Gasteiger partial charge is 0.435 e. The van der Waals surface area contributed by atoms with Crippen molar-refractivity contribution >= 4 is 46.6 Å². The van der Waals surface area contributed by atoms with Crippen molar-refractivity contribution in [2.45, 2.75) is 30.0 Å². The molecular weight excluding hydrogens is 448 g/mol. The Kier molecular flexibility index (Phi) is 6.08. The number of hydrogen-bond acceptors (Lipinski definition) is 4. The third-order valence-electron chi connectivity index (χ3n) is 4.39. The summed E-state index contributed by atoms with van der Waals surface area (Å²) in [4.78, 5) is 16.7. The van der Waals surface area contributed by atoms with E-state index < -0.39 is 24.1 Å². The summed E-state index contributed by atoms with van der Waals surface area (Å²) in [5.41, 5.74) is 3.67. The van der Waals surface area contributed by atoms with Crippen molar-refractivity contribution in [2.75, 3.05) is 5.75 Å². The molecule has 1 aliphatic rings. The van der Waals surface area contributed by atoms with Gasteiger partial charge >= 0.3 is 6.18 Å². The van der Waals surface area contributed by atoms with Crippen molar-refractivity contribution in [1.82, 2.24) is 0 Å². The number of carbonyl (C=O) groups is 1. The zero-order valence-electron chi connectivity index (χ0n) is 15.0. The van der Waals surface area contributed by atoms with Gasteiger partial charge in [-0.1, -0.05) is 34.4 Å². The van der Waals surface area contributed by atoms with Crippen LogP contribution in [0.4, 0.5) is 13.2 Å². The summed E-state index contributed by atoms with van der Waals surface area (Å²) in [6, 6.07) is 8.74. The van der Waals surface area contributed by atoms with Crippen LogP contribution in [-0.4, -0.2) is 23.5 Å². The molecule has 29 heavy (non-hydrogen) atoms. The number of halogens is 5. The molecule has 3 rings (SSSR count). The van der Waals surface area contributed by atoms with Crippen molar-refractivity contribution in [3.8, 4) is 0 Å². The van der Waals surface area contributed by atoms with E-state index in [9.17, 15) is 18.0 Å². The Morgan fingerprint density at radius 1 is 1.24 bits per heavy atom. The number of amides is 1. The molecule has 0 fully saturated rings. The molecule has 0 saturated carbocycles. The maximum atomic E-state index is 14.0. The first-order valence-corrected chi connectivity index (χ1v) is 10.1. The van der Waals surface area contributed by atoms with Crippen molar-refractivity contribution in [2.24, 2.45) is 10.9 Å². The van der Waals surface area contributed by atoms with Crippen LogP contribution >= 0.6 is 35.0 Å². The van der Waals surface area contributed by atoms with E-state index in [1.54, 1.807) is 25.1 Å². The highest BCUT2D eigenvalue weighted by atomic mass is 35.5. The second-order valence-corrected chi connectivity index (χ2v) is 8.41. The first-order chi connectivity index (χ1) is 13.5. The van der Waals surface area contributed by atoms with Crippen LogP contribution in [0.5, 0.6) is 0 Å². The summed E-state index contributed by atoms with van der Waals surface area (Å²) in [7, 11) is 0. The van der Waals surface area contributed by atoms with Crippen LogP contribution in [0.3, 0.4) is 0 Å². The van der Waals surface area contributed by atoms with Crippen molar-refractivity contribution in [3.63, 3.8) is 0 Å². The molecule has 0 spiro atoms. The van der Waals surface area contributed by atoms with Gasteiger partial charge in [-0.3, -0.25) is 4.79 Å². The van der Waals surface area contributed by atoms with Crippen molar-refractivity contribution < 1.29 is 22.8 Å². The van der Waals surface area contributed by atoms with E-state index in [1.165, 1.54) is 30.0 Å². The van der Waals surface area contributed by atoms with Crippen LogP contribution in [0.1, 0.15) is 23.1 Å². The zero-order chi connectivity index (χ0) is 21.4. The SMILES string of the molecule is Cc1cc(C2=NOC(c3cc(Cl)cc(Cl)c3)(C(F)(F)F)C2)ccc1SCC(N)=O. The Labute approximate surface area is 179 Å². The lowest BCUT2D eigenvalue weighted by Crippen LogP contribution is -2.42. The summed E-state index contributed by atoms with van der Waals surface area (Å²) < 4.78 is 42.1. The normalized spacial score (nSPS) is 19.0. The lowest BCUT2D eigenvalue weighted by atomic mass is 9.86. The first-order valence-electron chi connectivity index (χ1n) is 8.32. The average molecular weight is 463 g/mol. The fraction of sp³-hybridized carbons (Fsp3) is 0.263. The molecule has 1 heterocycles. The molecule has 2 aromatic carbocycles. The molecular formula is C19H15Cl2F3N2O2S. The van der Waals surface area contributed by atoms with Gasteiger partial charge in [-0.05, 0) is 48.4 Å². The number of carbonyl (C=O) groups excluding carboxylic acids is 1. The van der Waals surface area contributed by atoms with Crippen LogP contribution in [0, 0.1) is 6.92 Å². The smallest absolute Gasteiger partial charge is 0.374 e. The van der Waals surface area contributed by atoms with E-state index in [0.717, 1.165) is 10.5 Å². The minimum absolute atomic E-state index is 0.0693. The van der Waals surface area contributed by atoms with E-state index >= 15 is 0 Å². The topological polar surface area (TPSA) is 64.7 Å². The third kappa shape index (κ3) is 4.49. The standard InChI is InChI=1S/C19H15Cl2F3N2O2S/c1-10-4-11(2-3-16(10)29-9-17(25)27)15-8-18(28-26-15,19(22,23)24)12-5-13(20)7-14(21)6-12/h2-7H,8-9H2,1H3,(H2,25,27). The predicted molar refractivity (Wildman–Crippen MR) is 108 cm³/mol. The molecule has 1 atom stereocenters. The number of thioether (sulfide) groups is 1. The molecule has 0 radical (unpaired) electrons. The lowest BCUT2D eigenvalue weighted by Gasteiger charge is -2.29. The number of benzene rings is 2. The van der Waals surface area contributed by atoms with E-state index in [2.05, 4.69) is 5.16 Å². The summed E-state index contributed by atoms with van der Waals surface area (Å²) in [5.74, 6) is -0.348. The maximum absolute atomic E-state index is 14.0. The van der Waals surface area contributed by atoms with Gasteiger partial charge in [-0.2, -0.15) is 13.2 Å². The molecule has 1 aliphatic heterocycles. The molecule has 1 unspecified atom stereocenters. The minimum Gasteiger partial charge on any atom is -0.374 e. The van der Waals surface area contributed by atoms with Crippen molar-refractivity contribution in [3.05, 3.63) is 63.1 Å². The average Bonchev–Trinajstić information content (AvgIpc) is 3.06. The molecule has 0 aromatic heterocycles. The van der Waals surface area contributed by atoms with Crippen LogP contribution in [-0.2, 0) is 15.2 Å². The Balaban J connectivity index is 1.93. The Morgan fingerprint density at radius 3 is 2.45 bits per heavy atom. The van der Waals surface area contributed by atoms with E-state index in [1.807, 2.05) is 0 Å². The number of oxime groups is 1. The monoisotopic (exact) mass is 462 g/mol. The highest BCUT2D eigenvalue weighted by molar-refractivity contribution is 8.00. The molecule has 2 N–H and O–H groups in total. The van der Waals surface area contributed by atoms with Gasteiger partial charge in [0.1, 0.15) is 0 Å². The highest BCUT2D eigenvalue weighted by Crippen LogP contribution is 2.49. The molecule has 10 heteroatoms. The summed E-state index contributed by atoms with van der Waals surface area (Å²) >= 11 is 13.1. The molecule has 0 saturated heterocycles. The number of primary amides is 1. The van der Waals surface area contributed by atoms with Crippen LogP contribution in [0.15, 0.2) is 46.4 Å². The second kappa shape index (κ2) is 8.08. The molecule has 0 bridgehead atoms. The quantitative estimate of drug-likeness (QED) is 0.599. The summed E-state index contributed by atoms with van der Waals surface area (Å²) in [6.07, 6.45) is -5.28. The zero-order valence-corrected chi connectivity index (χ0v) is 17.3. The molecule has 4 nitrogen and oxygen atoms in total. The van der Waals surface area contributed by atoms with Gasteiger partial charge in [0.25, 0.3) is 5.60 Å². The third-order valence-corrected chi connectivity index (χ3v) is 6.03. The fourth-order valence-electron chi connectivity index (χ4n) is 2.99. The number of hydrogen-bond donors (Lipinski definition) is 1. The number of rotatable bonds is 5. The number of nitrogens with zero attached hydrogens (tertiary/aromatic N) is 1. The summed E-state index contributed by atoms with van der Waals surface area (Å²) in [5, 5.41) is 3.87. The highest BCUT2D eigenvalue weighted by Gasteiger charge is 2.62. The number of aryl methyl sites for hydroxylation is 1. The van der Waals surface area contributed by atoms with Gasteiger partial charge in [-0.25, -0.2) is 0 Å². The first kappa shape index (κ1) is 21.8. The van der Waals surface area contributed by atoms with Gasteiger partial charge in [-0.15, -0.1) is 11.8 Å². The van der Waals surface area contributed by atoms with Gasteiger partial charge in [0.15, 0.2) is 0 Å². The van der Waals surface area contributed by atoms with Gasteiger partial charge in [0, 0.05) is 26.9 Å². The molecule has 1 amide bonds. The summed E-state index contributed by atoms with van der Waals surface area (Å²) in [6.45, 7) is 1.79. The van der Waals surface area contributed by atoms with E-state index in [-0.39, 0.29) is 27.1 Å². The van der Waals surface area contributed by atoms with E-state index in [0.29, 0.717) is 5.56 Å². The Hall–Kier alpha value is -1.90. The van der Waals surface area contributed by atoms with Gasteiger partial charge in [0.2, 0.25) is 5.91 Å². The number of alkyl halides is 3. The Bertz CT molecular complexity index is 978. The maximum Gasteiger partial charge on any atom is 0.435 e. The molecule has 2 aromatic rings. The van der Waals surface area contributed by atoms with Crippen LogP contribution < -0.4 is 5.73 Å². The second-order valence-electron chi connectivity index (χ2n) is 6.52. The molecule has 0 aliphatic carbocycles.